The SMILES string of the molecule is CC1CNCCN1C1=Nc2cc(Cl)ccc2Oc2ncccc21. The van der Waals surface area contributed by atoms with E-state index in [0.29, 0.717) is 22.7 Å². The van der Waals surface area contributed by atoms with Crippen LogP contribution in [0.5, 0.6) is 11.6 Å². The molecule has 0 saturated carbocycles. The largest absolute Gasteiger partial charge is 0.436 e. The molecule has 1 unspecified atom stereocenters. The predicted octanol–water partition coefficient (Wildman–Crippen LogP) is 3.21. The zero-order chi connectivity index (χ0) is 15.8. The Labute approximate surface area is 140 Å². The summed E-state index contributed by atoms with van der Waals surface area (Å²) in [5.41, 5.74) is 1.64. The number of nitrogens with one attached hydrogen (secondary N) is 1. The van der Waals surface area contributed by atoms with Gasteiger partial charge in [0, 0.05) is 36.9 Å². The van der Waals surface area contributed by atoms with Crippen LogP contribution >= 0.6 is 11.6 Å². The first-order chi connectivity index (χ1) is 11.2. The highest BCUT2D eigenvalue weighted by Crippen LogP contribution is 2.38. The smallest absolute Gasteiger partial charge is 0.230 e. The second-order valence-corrected chi connectivity index (χ2v) is 6.19. The average Bonchev–Trinajstić information content (AvgIpc) is 2.72. The lowest BCUT2D eigenvalue weighted by Crippen LogP contribution is -2.52. The molecule has 2 aromatic rings. The normalized spacial score (nSPS) is 20.0. The van der Waals surface area contributed by atoms with Crippen LogP contribution in [0.2, 0.25) is 5.02 Å². The standard InChI is InChI=1S/C17H17ClN4O/c1-11-10-19-7-8-22(11)16-13-3-2-6-20-17(13)23-15-5-4-12(18)9-14(15)21-16/h2-6,9,11,19H,7-8,10H2,1H3. The second-order valence-electron chi connectivity index (χ2n) is 5.75. The minimum absolute atomic E-state index is 0.344. The summed E-state index contributed by atoms with van der Waals surface area (Å²) in [5.74, 6) is 2.15. The molecule has 0 aliphatic carbocycles. The summed E-state index contributed by atoms with van der Waals surface area (Å²) >= 11 is 6.14. The van der Waals surface area contributed by atoms with Crippen LogP contribution in [0, 0.1) is 0 Å². The zero-order valence-electron chi connectivity index (χ0n) is 12.8. The van der Waals surface area contributed by atoms with Crippen LogP contribution in [0.1, 0.15) is 12.5 Å². The number of halogens is 1. The fraction of sp³-hybridized carbons (Fsp3) is 0.294. The van der Waals surface area contributed by atoms with Gasteiger partial charge in [-0.05, 0) is 37.3 Å². The molecule has 1 aromatic carbocycles. The third kappa shape index (κ3) is 2.66. The molecule has 0 bridgehead atoms. The molecule has 1 N–H and O–H groups in total. The quantitative estimate of drug-likeness (QED) is 0.806. The van der Waals surface area contributed by atoms with E-state index < -0.39 is 0 Å². The lowest BCUT2D eigenvalue weighted by atomic mass is 10.1. The topological polar surface area (TPSA) is 49.8 Å². The van der Waals surface area contributed by atoms with Crippen molar-refractivity contribution in [3.05, 3.63) is 47.1 Å². The van der Waals surface area contributed by atoms with Crippen LogP contribution in [0.3, 0.4) is 0 Å². The van der Waals surface area contributed by atoms with E-state index in [0.717, 1.165) is 36.7 Å². The molecule has 2 aliphatic heterocycles. The van der Waals surface area contributed by atoms with E-state index >= 15 is 0 Å². The Bertz CT molecular complexity index is 777. The first kappa shape index (κ1) is 14.5. The Hall–Kier alpha value is -2.11. The number of piperazine rings is 1. The number of fused-ring (bicyclic) bond motifs is 2. The molecule has 0 radical (unpaired) electrons. The van der Waals surface area contributed by atoms with E-state index in [1.165, 1.54) is 0 Å². The van der Waals surface area contributed by atoms with Crippen molar-refractivity contribution >= 4 is 23.1 Å². The van der Waals surface area contributed by atoms with Crippen molar-refractivity contribution in [2.75, 3.05) is 19.6 Å². The average molecular weight is 329 g/mol. The summed E-state index contributed by atoms with van der Waals surface area (Å²) < 4.78 is 5.99. The number of rotatable bonds is 0. The molecular weight excluding hydrogens is 312 g/mol. The summed E-state index contributed by atoms with van der Waals surface area (Å²) in [6, 6.07) is 9.73. The van der Waals surface area contributed by atoms with E-state index in [2.05, 4.69) is 22.1 Å². The fourth-order valence-corrected chi connectivity index (χ4v) is 3.13. The third-order valence-corrected chi connectivity index (χ3v) is 4.37. The van der Waals surface area contributed by atoms with E-state index in [4.69, 9.17) is 21.3 Å². The molecule has 0 amide bonds. The fourth-order valence-electron chi connectivity index (χ4n) is 2.96. The van der Waals surface area contributed by atoms with Crippen molar-refractivity contribution in [1.29, 1.82) is 0 Å². The van der Waals surface area contributed by atoms with Gasteiger partial charge in [0.05, 0.1) is 5.56 Å². The predicted molar refractivity (Wildman–Crippen MR) is 91.0 cm³/mol. The van der Waals surface area contributed by atoms with Crippen LogP contribution in [0.4, 0.5) is 5.69 Å². The Morgan fingerprint density at radius 3 is 3.13 bits per heavy atom. The highest BCUT2D eigenvalue weighted by atomic mass is 35.5. The third-order valence-electron chi connectivity index (χ3n) is 4.14. The van der Waals surface area contributed by atoms with Crippen molar-refractivity contribution in [2.24, 2.45) is 4.99 Å². The van der Waals surface area contributed by atoms with Gasteiger partial charge >= 0.3 is 0 Å². The van der Waals surface area contributed by atoms with E-state index in [1.54, 1.807) is 12.3 Å². The zero-order valence-corrected chi connectivity index (χ0v) is 13.5. The van der Waals surface area contributed by atoms with Crippen molar-refractivity contribution < 1.29 is 4.74 Å². The van der Waals surface area contributed by atoms with Crippen molar-refractivity contribution in [3.8, 4) is 11.6 Å². The number of hydrogen-bond acceptors (Lipinski definition) is 5. The van der Waals surface area contributed by atoms with E-state index in [9.17, 15) is 0 Å². The molecule has 2 aliphatic rings. The minimum Gasteiger partial charge on any atom is -0.436 e. The summed E-state index contributed by atoms with van der Waals surface area (Å²) in [7, 11) is 0. The highest BCUT2D eigenvalue weighted by Gasteiger charge is 2.27. The molecule has 5 nitrogen and oxygen atoms in total. The van der Waals surface area contributed by atoms with Crippen molar-refractivity contribution in [1.82, 2.24) is 15.2 Å². The van der Waals surface area contributed by atoms with Gasteiger partial charge in [0.2, 0.25) is 5.88 Å². The monoisotopic (exact) mass is 328 g/mol. The lowest BCUT2D eigenvalue weighted by molar-refractivity contribution is 0.274. The molecule has 118 valence electrons. The number of amidine groups is 1. The Morgan fingerprint density at radius 2 is 2.26 bits per heavy atom. The molecule has 1 fully saturated rings. The van der Waals surface area contributed by atoms with Crippen LogP contribution in [-0.2, 0) is 0 Å². The number of pyridine rings is 1. The molecule has 23 heavy (non-hydrogen) atoms. The van der Waals surface area contributed by atoms with Crippen molar-refractivity contribution in [3.63, 3.8) is 0 Å². The Kier molecular flexibility index (Phi) is 3.67. The summed E-state index contributed by atoms with van der Waals surface area (Å²) in [4.78, 5) is 11.6. The number of benzene rings is 1. The van der Waals surface area contributed by atoms with Gasteiger partial charge in [0.1, 0.15) is 11.5 Å². The lowest BCUT2D eigenvalue weighted by Gasteiger charge is -2.36. The molecule has 1 aromatic heterocycles. The molecule has 3 heterocycles. The van der Waals surface area contributed by atoms with Crippen LogP contribution in [0.25, 0.3) is 0 Å². The van der Waals surface area contributed by atoms with Crippen molar-refractivity contribution in [2.45, 2.75) is 13.0 Å². The molecule has 1 atom stereocenters. The number of nitrogens with zero attached hydrogens (tertiary/aromatic N) is 3. The maximum absolute atomic E-state index is 6.14. The molecular formula is C17H17ClN4O. The van der Waals surface area contributed by atoms with Gasteiger partial charge in [-0.1, -0.05) is 11.6 Å². The first-order valence-corrected chi connectivity index (χ1v) is 8.09. The van der Waals surface area contributed by atoms with Gasteiger partial charge < -0.3 is 15.0 Å². The molecule has 6 heteroatoms. The maximum Gasteiger partial charge on any atom is 0.230 e. The number of aliphatic imine (C=N–C) groups is 1. The first-order valence-electron chi connectivity index (χ1n) is 7.71. The Balaban J connectivity index is 1.89. The van der Waals surface area contributed by atoms with Crippen LogP contribution < -0.4 is 10.1 Å². The molecule has 1 saturated heterocycles. The number of aromatic nitrogens is 1. The van der Waals surface area contributed by atoms with Gasteiger partial charge in [0.25, 0.3) is 0 Å². The van der Waals surface area contributed by atoms with Gasteiger partial charge in [-0.15, -0.1) is 0 Å². The second kappa shape index (κ2) is 5.83. The number of ether oxygens (including phenoxy) is 1. The van der Waals surface area contributed by atoms with E-state index in [1.807, 2.05) is 24.3 Å². The maximum atomic E-state index is 6.14. The number of hydrogen-bond donors (Lipinski definition) is 1. The highest BCUT2D eigenvalue weighted by molar-refractivity contribution is 6.31. The van der Waals surface area contributed by atoms with Gasteiger partial charge in [-0.3, -0.25) is 0 Å². The van der Waals surface area contributed by atoms with Crippen LogP contribution in [-0.4, -0.2) is 41.4 Å². The Morgan fingerprint density at radius 1 is 1.35 bits per heavy atom. The molecule has 0 spiro atoms. The van der Waals surface area contributed by atoms with Gasteiger partial charge in [0.15, 0.2) is 5.75 Å². The van der Waals surface area contributed by atoms with Crippen LogP contribution in [0.15, 0.2) is 41.5 Å². The van der Waals surface area contributed by atoms with Gasteiger partial charge in [-0.2, -0.15) is 0 Å². The minimum atomic E-state index is 0.344. The van der Waals surface area contributed by atoms with E-state index in [-0.39, 0.29) is 0 Å². The summed E-state index contributed by atoms with van der Waals surface area (Å²) in [6.07, 6.45) is 1.73. The summed E-state index contributed by atoms with van der Waals surface area (Å²) in [6.45, 7) is 4.94. The molecule has 4 rings (SSSR count). The summed E-state index contributed by atoms with van der Waals surface area (Å²) in [5, 5.41) is 4.05. The van der Waals surface area contributed by atoms with Gasteiger partial charge in [-0.25, -0.2) is 9.98 Å².